The molecule has 1 aromatic rings. The molecule has 0 spiro atoms. The lowest BCUT2D eigenvalue weighted by Gasteiger charge is -2.19. The molecule has 1 N–H and O–H groups in total. The average molecular weight is 266 g/mol. The predicted octanol–water partition coefficient (Wildman–Crippen LogP) is 2.09. The molecule has 0 amide bonds. The molecule has 0 radical (unpaired) electrons. The molecule has 3 rings (SSSR count). The van der Waals surface area contributed by atoms with Gasteiger partial charge >= 0.3 is 0 Å². The molecule has 4 nitrogen and oxygen atoms in total. The molecule has 2 fully saturated rings. The molecule has 0 unspecified atom stereocenters. The van der Waals surface area contributed by atoms with Crippen molar-refractivity contribution in [3.63, 3.8) is 0 Å². The Balaban J connectivity index is 1.87. The molecular formula is C13H18N2O2S. The van der Waals surface area contributed by atoms with Gasteiger partial charge in [-0.25, -0.2) is 13.4 Å². The van der Waals surface area contributed by atoms with Crippen LogP contribution in [0.2, 0.25) is 0 Å². The number of hydrogen-bond donors (Lipinski definition) is 1. The van der Waals surface area contributed by atoms with Crippen LogP contribution in [0.1, 0.15) is 25.7 Å². The van der Waals surface area contributed by atoms with E-state index >= 15 is 0 Å². The van der Waals surface area contributed by atoms with E-state index in [2.05, 4.69) is 10.3 Å². The summed E-state index contributed by atoms with van der Waals surface area (Å²) >= 11 is 0. The summed E-state index contributed by atoms with van der Waals surface area (Å²) < 4.78 is 23.5. The molecule has 18 heavy (non-hydrogen) atoms. The van der Waals surface area contributed by atoms with Crippen molar-refractivity contribution in [2.45, 2.75) is 36.6 Å². The fourth-order valence-corrected chi connectivity index (χ4v) is 3.28. The second kappa shape index (κ2) is 4.23. The summed E-state index contributed by atoms with van der Waals surface area (Å²) in [7, 11) is -3.21. The number of pyridine rings is 1. The minimum absolute atomic E-state index is 0.316. The third-order valence-electron chi connectivity index (χ3n) is 3.73. The minimum Gasteiger partial charge on any atom is -0.366 e. The molecule has 0 atom stereocenters. The van der Waals surface area contributed by atoms with Crippen LogP contribution < -0.4 is 5.32 Å². The Labute approximate surface area is 108 Å². The van der Waals surface area contributed by atoms with Crippen LogP contribution >= 0.6 is 0 Å². The third-order valence-corrected chi connectivity index (χ3v) is 4.86. The Morgan fingerprint density at radius 3 is 2.39 bits per heavy atom. The van der Waals surface area contributed by atoms with Crippen molar-refractivity contribution >= 4 is 15.7 Å². The van der Waals surface area contributed by atoms with Crippen molar-refractivity contribution < 1.29 is 8.42 Å². The van der Waals surface area contributed by atoms with Crippen molar-refractivity contribution in [2.75, 3.05) is 11.6 Å². The maximum atomic E-state index is 11.7. The lowest BCUT2D eigenvalue weighted by molar-refractivity contribution is 0.562. The smallest absolute Gasteiger partial charge is 0.179 e. The first-order chi connectivity index (χ1) is 8.55. The van der Waals surface area contributed by atoms with Crippen LogP contribution in [-0.2, 0) is 9.84 Å². The van der Waals surface area contributed by atoms with Gasteiger partial charge in [0.05, 0.1) is 0 Å². The summed E-state index contributed by atoms with van der Waals surface area (Å²) in [6.07, 6.45) is 7.92. The van der Waals surface area contributed by atoms with E-state index in [4.69, 9.17) is 0 Å². The van der Waals surface area contributed by atoms with E-state index in [-0.39, 0.29) is 0 Å². The van der Waals surface area contributed by atoms with Gasteiger partial charge in [-0.1, -0.05) is 0 Å². The second-order valence-corrected chi connectivity index (χ2v) is 7.45. The molecule has 0 saturated heterocycles. The topological polar surface area (TPSA) is 59.1 Å². The first kappa shape index (κ1) is 12.0. The maximum Gasteiger partial charge on any atom is 0.179 e. The van der Waals surface area contributed by atoms with Gasteiger partial charge in [0.25, 0.3) is 0 Å². The van der Waals surface area contributed by atoms with Crippen LogP contribution in [0.4, 0.5) is 5.82 Å². The molecule has 1 heterocycles. The van der Waals surface area contributed by atoms with Gasteiger partial charge in [0, 0.05) is 18.5 Å². The Kier molecular flexibility index (Phi) is 2.81. The molecule has 5 heteroatoms. The zero-order valence-electron chi connectivity index (χ0n) is 10.5. The van der Waals surface area contributed by atoms with Gasteiger partial charge in [-0.2, -0.15) is 0 Å². The van der Waals surface area contributed by atoms with Crippen molar-refractivity contribution in [1.82, 2.24) is 4.98 Å². The molecule has 0 aliphatic heterocycles. The zero-order valence-corrected chi connectivity index (χ0v) is 11.3. The number of rotatable bonds is 5. The highest BCUT2D eigenvalue weighted by atomic mass is 32.2. The van der Waals surface area contributed by atoms with Gasteiger partial charge in [0.2, 0.25) is 0 Å². The van der Waals surface area contributed by atoms with Crippen LogP contribution in [0, 0.1) is 11.8 Å². The van der Waals surface area contributed by atoms with Crippen molar-refractivity contribution in [3.05, 3.63) is 18.3 Å². The van der Waals surface area contributed by atoms with Gasteiger partial charge in [-0.15, -0.1) is 0 Å². The Hall–Kier alpha value is -1.10. The van der Waals surface area contributed by atoms with Crippen molar-refractivity contribution in [3.8, 4) is 0 Å². The van der Waals surface area contributed by atoms with E-state index < -0.39 is 9.84 Å². The maximum absolute atomic E-state index is 11.7. The van der Waals surface area contributed by atoms with E-state index in [9.17, 15) is 8.42 Å². The summed E-state index contributed by atoms with van der Waals surface area (Å²) in [5.74, 6) is 1.96. The van der Waals surface area contributed by atoms with E-state index in [0.29, 0.717) is 28.6 Å². The van der Waals surface area contributed by atoms with Gasteiger partial charge in [0.15, 0.2) is 9.84 Å². The van der Waals surface area contributed by atoms with Crippen molar-refractivity contribution in [2.24, 2.45) is 11.8 Å². The number of anilines is 1. The highest BCUT2D eigenvalue weighted by Crippen LogP contribution is 2.46. The Morgan fingerprint density at radius 1 is 1.28 bits per heavy atom. The minimum atomic E-state index is -3.21. The lowest BCUT2D eigenvalue weighted by atomic mass is 10.1. The first-order valence-electron chi connectivity index (χ1n) is 6.47. The summed E-state index contributed by atoms with van der Waals surface area (Å²) in [5, 5.41) is 3.39. The fraction of sp³-hybridized carbons (Fsp3) is 0.615. The quantitative estimate of drug-likeness (QED) is 0.886. The standard InChI is InChI=1S/C13H18N2O2S/c1-18(16,17)11-3-2-8-14-13(11)15-12(9-4-5-9)10-6-7-10/h2-3,8-10,12H,4-7H2,1H3,(H,14,15). The van der Waals surface area contributed by atoms with Gasteiger partial charge in [-0.05, 0) is 49.7 Å². The molecule has 2 aliphatic rings. The molecule has 0 bridgehead atoms. The second-order valence-electron chi connectivity index (χ2n) is 5.47. The van der Waals surface area contributed by atoms with Crippen LogP contribution in [0.3, 0.4) is 0 Å². The van der Waals surface area contributed by atoms with E-state index in [1.807, 2.05) is 0 Å². The zero-order chi connectivity index (χ0) is 12.8. The molecule has 1 aromatic heterocycles. The van der Waals surface area contributed by atoms with Crippen molar-refractivity contribution in [1.29, 1.82) is 0 Å². The van der Waals surface area contributed by atoms with E-state index in [1.165, 1.54) is 31.9 Å². The SMILES string of the molecule is CS(=O)(=O)c1cccnc1NC(C1CC1)C1CC1. The average Bonchev–Trinajstić information content (AvgIpc) is 3.16. The number of sulfone groups is 1. The highest BCUT2D eigenvalue weighted by molar-refractivity contribution is 7.90. The Bertz CT molecular complexity index is 536. The molecule has 0 aromatic carbocycles. The largest absolute Gasteiger partial charge is 0.366 e. The number of nitrogens with zero attached hydrogens (tertiary/aromatic N) is 1. The summed E-state index contributed by atoms with van der Waals surface area (Å²) in [4.78, 5) is 4.53. The van der Waals surface area contributed by atoms with E-state index in [1.54, 1.807) is 18.3 Å². The summed E-state index contributed by atoms with van der Waals surface area (Å²) in [6.45, 7) is 0. The lowest BCUT2D eigenvalue weighted by Crippen LogP contribution is -2.25. The normalized spacial score (nSPS) is 20.1. The van der Waals surface area contributed by atoms with Gasteiger partial charge in [-0.3, -0.25) is 0 Å². The molecular weight excluding hydrogens is 248 g/mol. The first-order valence-corrected chi connectivity index (χ1v) is 8.36. The molecule has 98 valence electrons. The fourth-order valence-electron chi connectivity index (χ4n) is 2.49. The monoisotopic (exact) mass is 266 g/mol. The highest BCUT2D eigenvalue weighted by Gasteiger charge is 2.42. The van der Waals surface area contributed by atoms with Crippen LogP contribution in [0.5, 0.6) is 0 Å². The van der Waals surface area contributed by atoms with E-state index in [0.717, 1.165) is 0 Å². The Morgan fingerprint density at radius 2 is 1.89 bits per heavy atom. The van der Waals surface area contributed by atoms with Gasteiger partial charge < -0.3 is 5.32 Å². The number of nitrogens with one attached hydrogen (secondary N) is 1. The van der Waals surface area contributed by atoms with Gasteiger partial charge in [0.1, 0.15) is 10.7 Å². The van der Waals surface area contributed by atoms with Crippen LogP contribution in [-0.4, -0.2) is 25.7 Å². The summed E-state index contributed by atoms with van der Waals surface area (Å²) in [5.41, 5.74) is 0. The summed E-state index contributed by atoms with van der Waals surface area (Å²) in [6, 6.07) is 3.71. The predicted molar refractivity (Wildman–Crippen MR) is 70.2 cm³/mol. The number of aromatic nitrogens is 1. The number of hydrogen-bond acceptors (Lipinski definition) is 4. The molecule has 2 saturated carbocycles. The molecule has 2 aliphatic carbocycles. The van der Waals surface area contributed by atoms with Crippen LogP contribution in [0.15, 0.2) is 23.2 Å². The van der Waals surface area contributed by atoms with Crippen LogP contribution in [0.25, 0.3) is 0 Å². The third kappa shape index (κ3) is 2.51.